The lowest BCUT2D eigenvalue weighted by atomic mass is 9.79. The molecule has 2 aliphatic rings. The minimum atomic E-state index is -0.0890. The number of rotatable bonds is 7. The molecule has 4 heteroatoms. The van der Waals surface area contributed by atoms with Gasteiger partial charge in [0, 0.05) is 6.42 Å². The number of esters is 1. The minimum absolute atomic E-state index is 0.0890. The zero-order valence-corrected chi connectivity index (χ0v) is 12.5. The number of methoxy groups -OCH3 is 1. The second kappa shape index (κ2) is 5.96. The second-order valence-corrected chi connectivity index (χ2v) is 6.15. The fourth-order valence-corrected chi connectivity index (χ4v) is 2.90. The number of hydrogen-bond acceptors (Lipinski definition) is 4. The summed E-state index contributed by atoms with van der Waals surface area (Å²) in [4.78, 5) is 11.7. The van der Waals surface area contributed by atoms with E-state index in [9.17, 15) is 4.79 Å². The molecule has 0 aliphatic heterocycles. The van der Waals surface area contributed by atoms with Crippen molar-refractivity contribution in [2.45, 2.75) is 44.6 Å². The molecule has 21 heavy (non-hydrogen) atoms. The van der Waals surface area contributed by atoms with Crippen LogP contribution in [0.15, 0.2) is 24.3 Å². The maximum absolute atomic E-state index is 11.7. The van der Waals surface area contributed by atoms with E-state index in [1.807, 2.05) is 24.3 Å². The van der Waals surface area contributed by atoms with Gasteiger partial charge in [0.05, 0.1) is 13.7 Å². The zero-order chi connectivity index (χ0) is 14.7. The first kappa shape index (κ1) is 14.2. The van der Waals surface area contributed by atoms with Gasteiger partial charge >= 0.3 is 5.97 Å². The third-order valence-corrected chi connectivity index (χ3v) is 4.43. The van der Waals surface area contributed by atoms with Gasteiger partial charge in [-0.3, -0.25) is 4.79 Å². The molecule has 0 bridgehead atoms. The van der Waals surface area contributed by atoms with Gasteiger partial charge in [0.15, 0.2) is 0 Å². The molecule has 2 fully saturated rings. The van der Waals surface area contributed by atoms with E-state index >= 15 is 0 Å². The Bertz CT molecular complexity index is 482. The van der Waals surface area contributed by atoms with Gasteiger partial charge in [0.2, 0.25) is 0 Å². The second-order valence-electron chi connectivity index (χ2n) is 6.15. The first-order valence-corrected chi connectivity index (χ1v) is 7.65. The Labute approximate surface area is 125 Å². The SMILES string of the molecule is COc1ccc(OCCCC(=O)OC2CC3(CC3)C2)cc1. The summed E-state index contributed by atoms with van der Waals surface area (Å²) < 4.78 is 16.1. The molecule has 2 aliphatic carbocycles. The van der Waals surface area contributed by atoms with Crippen molar-refractivity contribution in [2.24, 2.45) is 5.41 Å². The van der Waals surface area contributed by atoms with Crippen LogP contribution in [0.4, 0.5) is 0 Å². The predicted octanol–water partition coefficient (Wildman–Crippen LogP) is 3.34. The number of ether oxygens (including phenoxy) is 3. The van der Waals surface area contributed by atoms with Crippen LogP contribution in [0.25, 0.3) is 0 Å². The number of benzene rings is 1. The molecule has 0 unspecified atom stereocenters. The van der Waals surface area contributed by atoms with Gasteiger partial charge in [-0.2, -0.15) is 0 Å². The maximum atomic E-state index is 11.7. The van der Waals surface area contributed by atoms with Gasteiger partial charge in [-0.25, -0.2) is 0 Å². The van der Waals surface area contributed by atoms with Crippen LogP contribution in [0.5, 0.6) is 11.5 Å². The van der Waals surface area contributed by atoms with Crippen LogP contribution in [0.1, 0.15) is 38.5 Å². The highest BCUT2D eigenvalue weighted by molar-refractivity contribution is 5.69. The van der Waals surface area contributed by atoms with Crippen molar-refractivity contribution in [2.75, 3.05) is 13.7 Å². The van der Waals surface area contributed by atoms with Gasteiger partial charge in [-0.05, 0) is 61.8 Å². The first-order chi connectivity index (χ1) is 10.2. The van der Waals surface area contributed by atoms with Crippen LogP contribution in [0.2, 0.25) is 0 Å². The van der Waals surface area contributed by atoms with E-state index in [1.54, 1.807) is 7.11 Å². The van der Waals surface area contributed by atoms with Crippen LogP contribution >= 0.6 is 0 Å². The quantitative estimate of drug-likeness (QED) is 0.570. The van der Waals surface area contributed by atoms with Gasteiger partial charge < -0.3 is 14.2 Å². The molecular formula is C17H22O4. The molecule has 4 nitrogen and oxygen atoms in total. The summed E-state index contributed by atoms with van der Waals surface area (Å²) in [5.41, 5.74) is 0.586. The third kappa shape index (κ3) is 3.69. The molecular weight excluding hydrogens is 268 g/mol. The Morgan fingerprint density at radius 1 is 1.19 bits per heavy atom. The molecule has 0 atom stereocenters. The van der Waals surface area contributed by atoms with Crippen molar-refractivity contribution < 1.29 is 19.0 Å². The van der Waals surface area contributed by atoms with Crippen LogP contribution < -0.4 is 9.47 Å². The lowest BCUT2D eigenvalue weighted by Gasteiger charge is -2.34. The molecule has 1 spiro atoms. The molecule has 114 valence electrons. The fraction of sp³-hybridized carbons (Fsp3) is 0.588. The molecule has 1 aromatic rings. The minimum Gasteiger partial charge on any atom is -0.497 e. The Morgan fingerprint density at radius 2 is 1.86 bits per heavy atom. The molecule has 0 amide bonds. The Hall–Kier alpha value is -1.71. The van der Waals surface area contributed by atoms with Crippen molar-refractivity contribution in [3.05, 3.63) is 24.3 Å². The monoisotopic (exact) mass is 290 g/mol. The van der Waals surface area contributed by atoms with Gasteiger partial charge in [-0.15, -0.1) is 0 Å². The zero-order valence-electron chi connectivity index (χ0n) is 12.5. The Balaban J connectivity index is 1.27. The van der Waals surface area contributed by atoms with Crippen molar-refractivity contribution in [1.82, 2.24) is 0 Å². The summed E-state index contributed by atoms with van der Waals surface area (Å²) in [6.07, 6.45) is 6.13. The average molecular weight is 290 g/mol. The highest BCUT2D eigenvalue weighted by atomic mass is 16.5. The van der Waals surface area contributed by atoms with E-state index in [2.05, 4.69) is 0 Å². The predicted molar refractivity (Wildman–Crippen MR) is 78.5 cm³/mol. The molecule has 2 saturated carbocycles. The molecule has 0 saturated heterocycles. The molecule has 3 rings (SSSR count). The standard InChI is InChI=1S/C17H22O4/c1-19-13-4-6-14(7-5-13)20-10-2-3-16(18)21-15-11-17(12-15)8-9-17/h4-7,15H,2-3,8-12H2,1H3. The van der Waals surface area contributed by atoms with Crippen LogP contribution in [-0.2, 0) is 9.53 Å². The fourth-order valence-electron chi connectivity index (χ4n) is 2.90. The maximum Gasteiger partial charge on any atom is 0.306 e. The number of hydrogen-bond donors (Lipinski definition) is 0. The highest BCUT2D eigenvalue weighted by Crippen LogP contribution is 2.61. The summed E-state index contributed by atoms with van der Waals surface area (Å²) in [6, 6.07) is 7.43. The average Bonchev–Trinajstić information content (AvgIpc) is 3.24. The number of carbonyl (C=O) groups excluding carboxylic acids is 1. The van der Waals surface area contributed by atoms with Crippen molar-refractivity contribution >= 4 is 5.97 Å². The van der Waals surface area contributed by atoms with E-state index in [0.29, 0.717) is 24.9 Å². The van der Waals surface area contributed by atoms with E-state index in [4.69, 9.17) is 14.2 Å². The lowest BCUT2D eigenvalue weighted by molar-refractivity contribution is -0.156. The normalized spacial score (nSPS) is 18.9. The lowest BCUT2D eigenvalue weighted by Crippen LogP contribution is -2.34. The summed E-state index contributed by atoms with van der Waals surface area (Å²) >= 11 is 0. The summed E-state index contributed by atoms with van der Waals surface area (Å²) in [6.45, 7) is 0.524. The smallest absolute Gasteiger partial charge is 0.306 e. The van der Waals surface area contributed by atoms with E-state index in [1.165, 1.54) is 12.8 Å². The van der Waals surface area contributed by atoms with Gasteiger partial charge in [0.25, 0.3) is 0 Å². The molecule has 0 radical (unpaired) electrons. The Kier molecular flexibility index (Phi) is 4.04. The summed E-state index contributed by atoms with van der Waals surface area (Å²) in [7, 11) is 1.63. The summed E-state index contributed by atoms with van der Waals surface area (Å²) in [5.74, 6) is 1.51. The van der Waals surface area contributed by atoms with E-state index < -0.39 is 0 Å². The van der Waals surface area contributed by atoms with Crippen molar-refractivity contribution in [1.29, 1.82) is 0 Å². The largest absolute Gasteiger partial charge is 0.497 e. The number of carbonyl (C=O) groups is 1. The molecule has 1 aromatic carbocycles. The first-order valence-electron chi connectivity index (χ1n) is 7.65. The van der Waals surface area contributed by atoms with Gasteiger partial charge in [0.1, 0.15) is 17.6 Å². The Morgan fingerprint density at radius 3 is 2.48 bits per heavy atom. The summed E-state index contributed by atoms with van der Waals surface area (Å²) in [5, 5.41) is 0. The van der Waals surface area contributed by atoms with Crippen molar-refractivity contribution in [3.8, 4) is 11.5 Å². The van der Waals surface area contributed by atoms with E-state index in [-0.39, 0.29) is 12.1 Å². The topological polar surface area (TPSA) is 44.8 Å². The van der Waals surface area contributed by atoms with E-state index in [0.717, 1.165) is 24.3 Å². The highest BCUT2D eigenvalue weighted by Gasteiger charge is 2.54. The molecule has 0 N–H and O–H groups in total. The van der Waals surface area contributed by atoms with Crippen LogP contribution in [-0.4, -0.2) is 25.8 Å². The molecule has 0 heterocycles. The van der Waals surface area contributed by atoms with Crippen LogP contribution in [0.3, 0.4) is 0 Å². The van der Waals surface area contributed by atoms with Crippen molar-refractivity contribution in [3.63, 3.8) is 0 Å². The third-order valence-electron chi connectivity index (χ3n) is 4.43. The van der Waals surface area contributed by atoms with Crippen LogP contribution in [0, 0.1) is 5.41 Å². The molecule has 0 aromatic heterocycles. The van der Waals surface area contributed by atoms with Gasteiger partial charge in [-0.1, -0.05) is 0 Å².